The van der Waals surface area contributed by atoms with Crippen molar-refractivity contribution in [3.8, 4) is 40.2 Å². The van der Waals surface area contributed by atoms with E-state index in [1.54, 1.807) is 42.5 Å². The first-order chi connectivity index (χ1) is 59.8. The second-order valence-corrected chi connectivity index (χ2v) is 26.5. The number of carbonyl (C=O) groups is 2. The van der Waals surface area contributed by atoms with Crippen molar-refractivity contribution < 1.29 is 211 Å². The number of hydrogen-bond donors (Lipinski definition) is 17. The molecule has 4 aliphatic rings. The molecule has 2 amide bonds. The molecule has 4 aliphatic heterocycles. The number of nitrogen functional groups attached to an aromatic ring is 1. The molecule has 44 nitrogen and oxygen atoms in total. The molecule has 0 bridgehead atoms. The van der Waals surface area contributed by atoms with E-state index in [1.807, 2.05) is 0 Å². The third-order valence-electron chi connectivity index (χ3n) is 18.1. The number of aliphatic hydroxyl groups is 11. The number of furan rings is 3. The first-order valence-electron chi connectivity index (χ1n) is 35.9. The van der Waals surface area contributed by atoms with Gasteiger partial charge in [0.05, 0.1) is 86.0 Å². The fourth-order valence-corrected chi connectivity index (χ4v) is 12.2. The molecule has 0 saturated carbocycles. The fraction of sp³-hybridized carbons (Fsp3) is 0.347. The van der Waals surface area contributed by atoms with Crippen LogP contribution in [0.5, 0.6) is 40.2 Å². The summed E-state index contributed by atoms with van der Waals surface area (Å²) in [4.78, 5) is 86.7. The van der Waals surface area contributed by atoms with E-state index < -0.39 is 129 Å². The molecular formula is C75H82BF6IN9O35PY. The number of rotatable bonds is 21. The second kappa shape index (κ2) is 48.2. The first kappa shape index (κ1) is 109. The van der Waals surface area contributed by atoms with Crippen molar-refractivity contribution >= 4 is 116 Å². The summed E-state index contributed by atoms with van der Waals surface area (Å²) in [7, 11) is 12.5. The van der Waals surface area contributed by atoms with Crippen LogP contribution in [0.1, 0.15) is 58.2 Å². The van der Waals surface area contributed by atoms with Gasteiger partial charge in [-0.3, -0.25) is 24.3 Å². The molecule has 1 unspecified atom stereocenters. The van der Waals surface area contributed by atoms with Crippen molar-refractivity contribution in [2.24, 2.45) is 0 Å². The zero-order valence-corrected chi connectivity index (χ0v) is 73.6. The van der Waals surface area contributed by atoms with Crippen molar-refractivity contribution in [1.82, 2.24) is 28.7 Å². The molecule has 10 atom stereocenters. The Hall–Kier alpha value is -10.8. The van der Waals surface area contributed by atoms with Crippen LogP contribution in [0.3, 0.4) is 0 Å². The molecule has 6 aromatic heterocycles. The molecule has 4 aromatic carbocycles. The molecule has 20 N–H and O–H groups in total. The summed E-state index contributed by atoms with van der Waals surface area (Å²) in [5.74, 6) is -10.6. The number of allylic oxidation sites excluding steroid dienone is 1. The number of alkyl halides is 6. The van der Waals surface area contributed by atoms with Crippen molar-refractivity contribution in [3.05, 3.63) is 190 Å². The molecule has 0 aliphatic carbocycles. The molecule has 10 aromatic rings. The number of hydrogen-bond acceptors (Lipinski definition) is 37. The smallest absolute Gasteiger partial charge is 0.413 e. The molecule has 3 saturated heterocycles. The van der Waals surface area contributed by atoms with Gasteiger partial charge in [0.1, 0.15) is 59.7 Å². The molecule has 10 heterocycles. The van der Waals surface area contributed by atoms with Crippen molar-refractivity contribution in [2.75, 3.05) is 64.6 Å². The Kier molecular flexibility index (Phi) is 40.6. The molecule has 0 spiro atoms. The Morgan fingerprint density at radius 1 is 0.566 bits per heavy atom. The fourth-order valence-electron chi connectivity index (χ4n) is 12.2. The number of aromatic nitrogens is 6. The van der Waals surface area contributed by atoms with Gasteiger partial charge in [-0.2, -0.15) is 58.7 Å². The SMILES string of the molecule is C=C1C=c2cc(CO)c(O)c(OC)c2=[O+]1.COc1c(O)c(CO)cc2cc(CO)oc12.COc1c(O)c(CO)cc2cc(COC(=O)Nc3ccn([C@@H]4O[C@H](CO)[C@@H](O)C4(F)F)c(=O)n3)oc12.COc1cc(CO)cc2cc(COC(=O)Nc3ccn([C@@H]4O[C@H](CO)[C@@H](O)C4(F)F)c(=O)n3)oc12.I.Nc1ccn([C@@H]2O[C@H](CO)[C@@H](O)C2(F)F)c(=O)n1.O.O=C=O.[B][CH-]P.[Y]. The van der Waals surface area contributed by atoms with Crippen LogP contribution in [-0.4, -0.2) is 234 Å². The van der Waals surface area contributed by atoms with Gasteiger partial charge < -0.3 is 154 Å². The van der Waals surface area contributed by atoms with E-state index in [-0.39, 0.29) is 183 Å². The number of nitrogens with one attached hydrogen (secondary N) is 2. The molecule has 3 radical (unpaired) electrons. The minimum Gasteiger partial charge on any atom is -0.504 e. The number of phenols is 3. The number of methoxy groups -OCH3 is 4. The summed E-state index contributed by atoms with van der Waals surface area (Å²) in [6.07, 6.45) is -15.2. The van der Waals surface area contributed by atoms with Crippen LogP contribution in [0, 0.1) is 6.06 Å². The van der Waals surface area contributed by atoms with Gasteiger partial charge in [0, 0.05) is 90.7 Å². The number of halogens is 7. The maximum atomic E-state index is 14.3. The predicted octanol–water partition coefficient (Wildman–Crippen LogP) is 0.971. The molecule has 54 heteroatoms. The summed E-state index contributed by atoms with van der Waals surface area (Å²) >= 11 is 0. The number of nitrogens with two attached hydrogens (primary N) is 1. The molecule has 697 valence electrons. The number of carbonyl (C=O) groups excluding carboxylic acids is 4. The monoisotopic (exact) mass is 2040 g/mol. The van der Waals surface area contributed by atoms with E-state index in [2.05, 4.69) is 49.3 Å². The van der Waals surface area contributed by atoms with E-state index in [9.17, 15) is 91.2 Å². The average Bonchev–Trinajstić information content (AvgIpc) is 1.60. The van der Waals surface area contributed by atoms with Crippen LogP contribution in [0.25, 0.3) is 39.0 Å². The maximum Gasteiger partial charge on any atom is 0.413 e. The summed E-state index contributed by atoms with van der Waals surface area (Å²) in [6.45, 7) is -0.994. The number of aromatic hydroxyl groups is 3. The normalized spacial score (nSPS) is 19.0. The van der Waals surface area contributed by atoms with Crippen LogP contribution in [-0.2, 0) is 112 Å². The Labute approximate surface area is 765 Å². The van der Waals surface area contributed by atoms with E-state index >= 15 is 0 Å². The molecular weight excluding hydrogens is 1960 g/mol. The van der Waals surface area contributed by atoms with Crippen LogP contribution < -0.4 is 63.0 Å². The second-order valence-electron chi connectivity index (χ2n) is 26.1. The Balaban J connectivity index is 0.000000292. The van der Waals surface area contributed by atoms with Gasteiger partial charge in [-0.15, -0.1) is 24.0 Å². The number of fused-ring (bicyclic) bond motifs is 4. The Morgan fingerprint density at radius 3 is 1.27 bits per heavy atom. The minimum atomic E-state index is -3.88. The topological polar surface area (TPSA) is 672 Å². The zero-order valence-electron chi connectivity index (χ0n) is 67.3. The van der Waals surface area contributed by atoms with E-state index in [1.165, 1.54) is 46.6 Å². The minimum absolute atomic E-state index is 0. The largest absolute Gasteiger partial charge is 0.504 e. The number of benzene rings is 4. The average molecular weight is 2040 g/mol. The van der Waals surface area contributed by atoms with Gasteiger partial charge in [-0.05, 0) is 72.3 Å². The third-order valence-corrected chi connectivity index (χ3v) is 18.1. The van der Waals surface area contributed by atoms with Crippen molar-refractivity contribution in [1.29, 1.82) is 0 Å². The van der Waals surface area contributed by atoms with E-state index in [0.717, 1.165) is 42.0 Å². The molecule has 129 heavy (non-hydrogen) atoms. The maximum absolute atomic E-state index is 14.3. The van der Waals surface area contributed by atoms with Crippen LogP contribution in [0.2, 0.25) is 0 Å². The van der Waals surface area contributed by atoms with Gasteiger partial charge in [-0.1, -0.05) is 0 Å². The van der Waals surface area contributed by atoms with Crippen molar-refractivity contribution in [2.45, 2.75) is 119 Å². The quantitative estimate of drug-likeness (QED) is 0.0119. The summed E-state index contributed by atoms with van der Waals surface area (Å²) < 4.78 is 153. The van der Waals surface area contributed by atoms with Crippen molar-refractivity contribution in [3.63, 3.8) is 0 Å². The van der Waals surface area contributed by atoms with E-state index in [4.69, 9.17) is 106 Å². The first-order valence-corrected chi connectivity index (χ1v) is 36.6. The number of aliphatic hydroxyl groups excluding tert-OH is 11. The zero-order chi connectivity index (χ0) is 93.1. The Bertz CT molecular complexity index is 5910. The summed E-state index contributed by atoms with van der Waals surface area (Å²) in [5, 5.41) is 138. The van der Waals surface area contributed by atoms with Gasteiger partial charge >= 0.3 is 64.4 Å². The van der Waals surface area contributed by atoms with Crippen LogP contribution >= 0.6 is 33.2 Å². The molecule has 14 rings (SSSR count). The Morgan fingerprint density at radius 2 is 0.922 bits per heavy atom. The van der Waals surface area contributed by atoms with Gasteiger partial charge in [0.2, 0.25) is 30.2 Å². The number of ether oxygens (including phenoxy) is 9. The number of amides is 2. The number of nitrogens with zero attached hydrogens (tertiary/aromatic N) is 6. The molecule has 3 fully saturated rings. The van der Waals surface area contributed by atoms with Crippen LogP contribution in [0.4, 0.5) is 53.4 Å². The van der Waals surface area contributed by atoms with Gasteiger partial charge in [0.15, 0.2) is 71.3 Å². The van der Waals surface area contributed by atoms with Gasteiger partial charge in [0.25, 0.3) is 5.75 Å². The predicted molar refractivity (Wildman–Crippen MR) is 438 cm³/mol. The summed E-state index contributed by atoms with van der Waals surface area (Å²) in [5.41, 5.74) is 4.73. The van der Waals surface area contributed by atoms with Crippen LogP contribution in [0.15, 0.2) is 130 Å². The van der Waals surface area contributed by atoms with Gasteiger partial charge in [-0.25, -0.2) is 28.4 Å². The van der Waals surface area contributed by atoms with E-state index in [0.29, 0.717) is 80.4 Å². The number of anilines is 3. The summed E-state index contributed by atoms with van der Waals surface area (Å²) in [6, 6.07) is 17.4. The third kappa shape index (κ3) is 24.8. The standard InChI is InChI=1S/C21H21F2N3O10.C21H21F2N3O9.C11H12O5.C11H10O4.C9H11F2N3O4.CH3BP.CO2.HI.H2O.Y/c1-33-16-14(29)10(6-27)4-9-5-11(35-15(9)16)8-34-20(32)25-13-2-3-26(19(31)24-13)18-21(22,23)17(30)12(7-28)36-18;1-32-13-5-10(7-27)4-11-6-12(34-16(11)13)9-33-20(31)25-15-2-3-26(19(30)24-15)18-21(22,23)17(29)14(8-28)35-18;1-15-11-9(14)7(4-12)2-6-3-8(5-13)16-10(6)11;1-6-3-7-4-8(5-12)9(13)11(14-2)10(7)15-6;10-9(11)6(16)4(3-15)18-7(9)14-2-1-5(12)13-8(14)17;2*2-1-3;;;/h2-5,12,17-18,27-30H,6-8H2,1H3,(H,24,25,31,32);2-6,14,17-18,27-29H,7-9H2,1H3,(H,24,25,30,31);2-3,12-14H,4-5H2,1H3;3-4,12H,1,5H2,2H3;1-2,4,6-7,15-16H,3H2,(H2,12,13,17);1H,3H2;;1H;1H2;/q;;;;;-1;;;;/p+1/t12-,17-,18-;14-,17-,18-;;;4-,6-,7-;;;;;/m11..1...../s1.